The molecule has 5 nitrogen and oxygen atoms in total. The number of rotatable bonds is 6. The molecule has 0 saturated carbocycles. The maximum absolute atomic E-state index is 10.9. The molecule has 0 aliphatic heterocycles. The van der Waals surface area contributed by atoms with Crippen molar-refractivity contribution >= 4 is 11.9 Å². The molecule has 0 aromatic rings. The second-order valence-electron chi connectivity index (χ2n) is 2.78. The topological polar surface area (TPSA) is 72.8 Å². The molecular formula is C10H16O5. The second kappa shape index (κ2) is 7.99. The lowest BCUT2D eigenvalue weighted by atomic mass is 10.3. The lowest BCUT2D eigenvalue weighted by molar-refractivity contribution is -0.142. The average molecular weight is 216 g/mol. The van der Waals surface area contributed by atoms with E-state index in [0.717, 1.165) is 12.2 Å². The SMILES string of the molecule is CCOC(=O)C=CC(=O)OCC(O)CC. The average Bonchev–Trinajstić information content (AvgIpc) is 2.23. The van der Waals surface area contributed by atoms with Crippen LogP contribution in [0.15, 0.2) is 12.2 Å². The van der Waals surface area contributed by atoms with E-state index in [1.54, 1.807) is 13.8 Å². The summed E-state index contributed by atoms with van der Waals surface area (Å²) in [5.74, 6) is -1.26. The number of aliphatic hydroxyl groups excluding tert-OH is 1. The van der Waals surface area contributed by atoms with Gasteiger partial charge in [0.1, 0.15) is 6.61 Å². The van der Waals surface area contributed by atoms with E-state index in [-0.39, 0.29) is 13.2 Å². The molecule has 0 bridgehead atoms. The Balaban J connectivity index is 3.78. The minimum atomic E-state index is -0.671. The van der Waals surface area contributed by atoms with E-state index in [1.165, 1.54) is 0 Å². The molecule has 0 aromatic heterocycles. The summed E-state index contributed by atoms with van der Waals surface area (Å²) >= 11 is 0. The Morgan fingerprint density at radius 1 is 1.20 bits per heavy atom. The van der Waals surface area contributed by atoms with Gasteiger partial charge in [0, 0.05) is 12.2 Å². The molecule has 0 aromatic carbocycles. The molecule has 1 atom stereocenters. The summed E-state index contributed by atoms with van der Waals surface area (Å²) in [7, 11) is 0. The minimum Gasteiger partial charge on any atom is -0.463 e. The summed E-state index contributed by atoms with van der Waals surface area (Å²) in [6, 6.07) is 0. The van der Waals surface area contributed by atoms with E-state index in [4.69, 9.17) is 5.11 Å². The zero-order valence-corrected chi connectivity index (χ0v) is 8.93. The zero-order valence-electron chi connectivity index (χ0n) is 8.93. The summed E-state index contributed by atoms with van der Waals surface area (Å²) in [5, 5.41) is 9.08. The lowest BCUT2D eigenvalue weighted by Gasteiger charge is -2.06. The van der Waals surface area contributed by atoms with Crippen LogP contribution in [0.3, 0.4) is 0 Å². The first-order valence-electron chi connectivity index (χ1n) is 4.79. The third-order valence-corrected chi connectivity index (χ3v) is 1.53. The van der Waals surface area contributed by atoms with Crippen molar-refractivity contribution in [3.05, 3.63) is 12.2 Å². The quantitative estimate of drug-likeness (QED) is 0.514. The van der Waals surface area contributed by atoms with E-state index in [9.17, 15) is 9.59 Å². The highest BCUT2D eigenvalue weighted by molar-refractivity contribution is 5.91. The first-order chi connectivity index (χ1) is 7.10. The van der Waals surface area contributed by atoms with Gasteiger partial charge in [0.2, 0.25) is 0 Å². The zero-order chi connectivity index (χ0) is 11.7. The van der Waals surface area contributed by atoms with Crippen molar-refractivity contribution in [2.45, 2.75) is 26.4 Å². The largest absolute Gasteiger partial charge is 0.463 e. The molecule has 0 heterocycles. The van der Waals surface area contributed by atoms with E-state index in [1.807, 2.05) is 0 Å². The highest BCUT2D eigenvalue weighted by Crippen LogP contribution is 1.92. The third-order valence-electron chi connectivity index (χ3n) is 1.53. The van der Waals surface area contributed by atoms with Crippen molar-refractivity contribution in [3.8, 4) is 0 Å². The molecule has 5 heteroatoms. The summed E-state index contributed by atoms with van der Waals surface area (Å²) in [4.78, 5) is 21.7. The molecular weight excluding hydrogens is 200 g/mol. The minimum absolute atomic E-state index is 0.0670. The predicted molar refractivity (Wildman–Crippen MR) is 53.0 cm³/mol. The van der Waals surface area contributed by atoms with Crippen molar-refractivity contribution in [2.75, 3.05) is 13.2 Å². The van der Waals surface area contributed by atoms with Gasteiger partial charge in [-0.05, 0) is 13.3 Å². The van der Waals surface area contributed by atoms with Gasteiger partial charge in [-0.2, -0.15) is 0 Å². The number of hydrogen-bond donors (Lipinski definition) is 1. The van der Waals surface area contributed by atoms with Crippen molar-refractivity contribution in [3.63, 3.8) is 0 Å². The molecule has 15 heavy (non-hydrogen) atoms. The fraction of sp³-hybridized carbons (Fsp3) is 0.600. The van der Waals surface area contributed by atoms with Crippen LogP contribution in [-0.2, 0) is 19.1 Å². The van der Waals surface area contributed by atoms with E-state index >= 15 is 0 Å². The molecule has 0 fully saturated rings. The highest BCUT2D eigenvalue weighted by atomic mass is 16.5. The molecule has 0 radical (unpaired) electrons. The number of esters is 2. The van der Waals surface area contributed by atoms with Crippen LogP contribution in [0.2, 0.25) is 0 Å². The van der Waals surface area contributed by atoms with Crippen LogP contribution in [-0.4, -0.2) is 36.4 Å². The van der Waals surface area contributed by atoms with Gasteiger partial charge >= 0.3 is 11.9 Å². The van der Waals surface area contributed by atoms with Crippen LogP contribution in [0.1, 0.15) is 20.3 Å². The van der Waals surface area contributed by atoms with Crippen LogP contribution in [0.5, 0.6) is 0 Å². The molecule has 0 spiro atoms. The van der Waals surface area contributed by atoms with Crippen molar-refractivity contribution in [1.82, 2.24) is 0 Å². The number of carbonyl (C=O) groups excluding carboxylic acids is 2. The highest BCUT2D eigenvalue weighted by Gasteiger charge is 2.04. The van der Waals surface area contributed by atoms with Gasteiger partial charge in [-0.15, -0.1) is 0 Å². The molecule has 0 amide bonds. The maximum atomic E-state index is 10.9. The Morgan fingerprint density at radius 3 is 2.20 bits per heavy atom. The molecule has 86 valence electrons. The third kappa shape index (κ3) is 7.69. The molecule has 1 unspecified atom stereocenters. The fourth-order valence-corrected chi connectivity index (χ4v) is 0.671. The second-order valence-corrected chi connectivity index (χ2v) is 2.78. The molecule has 0 aliphatic rings. The summed E-state index contributed by atoms with van der Waals surface area (Å²) < 4.78 is 9.20. The molecule has 0 saturated heterocycles. The van der Waals surface area contributed by atoms with Gasteiger partial charge in [0.05, 0.1) is 12.7 Å². The van der Waals surface area contributed by atoms with E-state index < -0.39 is 18.0 Å². The Kier molecular flexibility index (Phi) is 7.27. The molecule has 0 aliphatic carbocycles. The lowest BCUT2D eigenvalue weighted by Crippen LogP contribution is -2.16. The monoisotopic (exact) mass is 216 g/mol. The number of hydrogen-bond acceptors (Lipinski definition) is 5. The predicted octanol–water partition coefficient (Wildman–Crippen LogP) is 0.420. The Morgan fingerprint density at radius 2 is 1.73 bits per heavy atom. The Labute approximate surface area is 88.7 Å². The van der Waals surface area contributed by atoms with Gasteiger partial charge in [-0.25, -0.2) is 9.59 Å². The van der Waals surface area contributed by atoms with Crippen molar-refractivity contribution < 1.29 is 24.2 Å². The van der Waals surface area contributed by atoms with Crippen LogP contribution < -0.4 is 0 Å². The van der Waals surface area contributed by atoms with Crippen LogP contribution in [0, 0.1) is 0 Å². The number of aliphatic hydroxyl groups is 1. The first kappa shape index (κ1) is 13.6. The first-order valence-corrected chi connectivity index (χ1v) is 4.79. The Hall–Kier alpha value is -1.36. The number of carbonyl (C=O) groups is 2. The van der Waals surface area contributed by atoms with Gasteiger partial charge in [0.25, 0.3) is 0 Å². The molecule has 0 rings (SSSR count). The summed E-state index contributed by atoms with van der Waals surface area (Å²) in [5.41, 5.74) is 0. The van der Waals surface area contributed by atoms with Gasteiger partial charge in [0.15, 0.2) is 0 Å². The maximum Gasteiger partial charge on any atom is 0.331 e. The van der Waals surface area contributed by atoms with Crippen molar-refractivity contribution in [2.24, 2.45) is 0 Å². The molecule has 1 N–H and O–H groups in total. The van der Waals surface area contributed by atoms with Gasteiger partial charge in [-0.3, -0.25) is 0 Å². The van der Waals surface area contributed by atoms with Gasteiger partial charge < -0.3 is 14.6 Å². The Bertz CT molecular complexity index is 234. The van der Waals surface area contributed by atoms with Crippen molar-refractivity contribution in [1.29, 1.82) is 0 Å². The normalized spacial score (nSPS) is 12.5. The summed E-state index contributed by atoms with van der Waals surface area (Å²) in [6.07, 6.45) is 1.81. The number of ether oxygens (including phenoxy) is 2. The van der Waals surface area contributed by atoms with Crippen LogP contribution in [0.4, 0.5) is 0 Å². The smallest absolute Gasteiger partial charge is 0.331 e. The van der Waals surface area contributed by atoms with E-state index in [2.05, 4.69) is 9.47 Å². The van der Waals surface area contributed by atoms with Crippen LogP contribution in [0.25, 0.3) is 0 Å². The van der Waals surface area contributed by atoms with E-state index in [0.29, 0.717) is 6.42 Å². The van der Waals surface area contributed by atoms with Crippen LogP contribution >= 0.6 is 0 Å². The fourth-order valence-electron chi connectivity index (χ4n) is 0.671. The summed E-state index contributed by atoms with van der Waals surface area (Å²) in [6.45, 7) is 3.63. The van der Waals surface area contributed by atoms with Gasteiger partial charge in [-0.1, -0.05) is 6.92 Å². The standard InChI is InChI=1S/C10H16O5/c1-3-8(11)7-15-10(13)6-5-9(12)14-4-2/h5-6,8,11H,3-4,7H2,1-2H3.